The van der Waals surface area contributed by atoms with E-state index in [1.165, 1.54) is 18.7 Å². The summed E-state index contributed by atoms with van der Waals surface area (Å²) in [6.45, 7) is 0.856. The molecule has 1 aromatic heterocycles. The number of ether oxygens (including phenoxy) is 1. The summed E-state index contributed by atoms with van der Waals surface area (Å²) >= 11 is 2.07. The lowest BCUT2D eigenvalue weighted by Gasteiger charge is -2.49. The van der Waals surface area contributed by atoms with Gasteiger partial charge in [0.15, 0.2) is 5.13 Å². The number of carboxylic acid groups (broad SMARTS) is 1. The van der Waals surface area contributed by atoms with E-state index in [1.807, 2.05) is 0 Å². The zero-order chi connectivity index (χ0) is 26.7. The fraction of sp³-hybridized carbons (Fsp3) is 0.524. The number of ketones is 1. The van der Waals surface area contributed by atoms with Crippen molar-refractivity contribution in [1.29, 1.82) is 0 Å². The monoisotopic (exact) mass is 552 g/mol. The molecule has 1 saturated heterocycles. The van der Waals surface area contributed by atoms with Crippen LogP contribution in [0.15, 0.2) is 16.4 Å². The van der Waals surface area contributed by atoms with Gasteiger partial charge in [-0.1, -0.05) is 5.16 Å². The molecule has 2 amide bonds. The molecule has 37 heavy (non-hydrogen) atoms. The van der Waals surface area contributed by atoms with Gasteiger partial charge in [0.1, 0.15) is 42.0 Å². The first kappa shape index (κ1) is 26.5. The number of nitrogens with zero attached hydrogens (tertiary/aromatic N) is 4. The van der Waals surface area contributed by atoms with Crippen LogP contribution in [0.1, 0.15) is 44.9 Å². The SMILES string of the molecule is CC(=O)CC(=O)OCC1=C(C(=O)O)N2C(=O)C(NC(=O)C(=NOC3CCCC3)c3nsc(N)n3)[C@@H]2SC1. The number of carbonyl (C=O) groups excluding carboxylic acids is 4. The van der Waals surface area contributed by atoms with E-state index in [1.54, 1.807) is 0 Å². The highest BCUT2D eigenvalue weighted by Gasteiger charge is 2.54. The first-order valence-electron chi connectivity index (χ1n) is 11.3. The molecule has 1 aromatic rings. The van der Waals surface area contributed by atoms with Gasteiger partial charge in [0, 0.05) is 22.9 Å². The molecule has 1 saturated carbocycles. The fourth-order valence-electron chi connectivity index (χ4n) is 4.06. The smallest absolute Gasteiger partial charge is 0.352 e. The van der Waals surface area contributed by atoms with E-state index >= 15 is 0 Å². The third-order valence-corrected chi connectivity index (χ3v) is 7.68. The normalized spacial score (nSPS) is 21.8. The molecular formula is C21H24N6O8S2. The van der Waals surface area contributed by atoms with Gasteiger partial charge < -0.3 is 25.7 Å². The number of aromatic nitrogens is 2. The molecule has 4 N–H and O–H groups in total. The van der Waals surface area contributed by atoms with Gasteiger partial charge in [-0.05, 0) is 32.6 Å². The number of rotatable bonds is 10. The number of Topliss-reactive ketones (excluding diaryl/α,β-unsaturated/α-hetero) is 1. The van der Waals surface area contributed by atoms with Gasteiger partial charge in [-0.2, -0.15) is 9.36 Å². The summed E-state index contributed by atoms with van der Waals surface area (Å²) in [5.41, 5.74) is 5.30. The van der Waals surface area contributed by atoms with Crippen LogP contribution in [0.5, 0.6) is 0 Å². The Bertz CT molecular complexity index is 1190. The van der Waals surface area contributed by atoms with Crippen LogP contribution in [-0.4, -0.2) is 84.5 Å². The highest BCUT2D eigenvalue weighted by molar-refractivity contribution is 8.00. The fourth-order valence-corrected chi connectivity index (χ4v) is 5.82. The minimum Gasteiger partial charge on any atom is -0.477 e. The van der Waals surface area contributed by atoms with Crippen LogP contribution in [0.3, 0.4) is 0 Å². The van der Waals surface area contributed by atoms with E-state index in [4.69, 9.17) is 15.3 Å². The van der Waals surface area contributed by atoms with Crippen LogP contribution in [0.2, 0.25) is 0 Å². The number of nitrogen functional groups attached to an aromatic ring is 1. The number of hydrogen-bond donors (Lipinski definition) is 3. The standard InChI is InChI=1S/C21H24N6O8S2/c1-9(28)6-12(29)34-7-10-8-36-19-14(18(31)27(19)15(10)20(32)33)23-17(30)13(16-24-21(22)37-26-16)25-35-11-4-2-3-5-11/h11,14,19H,2-8H2,1H3,(H,23,30)(H,32,33)(H2,22,24,26)/t14?,19-/m0/s1. The summed E-state index contributed by atoms with van der Waals surface area (Å²) in [4.78, 5) is 71.3. The average molecular weight is 553 g/mol. The van der Waals surface area contributed by atoms with Crippen LogP contribution in [-0.2, 0) is 33.5 Å². The van der Waals surface area contributed by atoms with Crippen molar-refractivity contribution < 1.29 is 38.7 Å². The zero-order valence-corrected chi connectivity index (χ0v) is 21.3. The molecule has 2 aliphatic heterocycles. The van der Waals surface area contributed by atoms with Crippen LogP contribution < -0.4 is 11.1 Å². The van der Waals surface area contributed by atoms with E-state index in [-0.39, 0.29) is 52.2 Å². The molecule has 0 spiro atoms. The Hall–Kier alpha value is -3.53. The molecule has 4 rings (SSSR count). The number of amides is 2. The molecule has 1 aliphatic carbocycles. The van der Waals surface area contributed by atoms with Gasteiger partial charge in [0.25, 0.3) is 11.8 Å². The number of fused-ring (bicyclic) bond motifs is 1. The maximum atomic E-state index is 13.1. The largest absolute Gasteiger partial charge is 0.477 e. The Morgan fingerprint density at radius 2 is 2.00 bits per heavy atom. The van der Waals surface area contributed by atoms with E-state index in [0.29, 0.717) is 0 Å². The molecule has 2 fully saturated rings. The number of esters is 1. The number of β-lactam (4-membered cyclic amide) rings is 1. The number of anilines is 1. The molecule has 0 bridgehead atoms. The van der Waals surface area contributed by atoms with Crippen LogP contribution in [0.25, 0.3) is 0 Å². The first-order valence-corrected chi connectivity index (χ1v) is 13.2. The summed E-state index contributed by atoms with van der Waals surface area (Å²) in [6.07, 6.45) is 3.02. The van der Waals surface area contributed by atoms with Gasteiger partial charge in [-0.15, -0.1) is 11.8 Å². The van der Waals surface area contributed by atoms with Crippen molar-refractivity contribution in [2.45, 2.75) is 56.5 Å². The van der Waals surface area contributed by atoms with Crippen molar-refractivity contribution in [3.8, 4) is 0 Å². The van der Waals surface area contributed by atoms with Crippen LogP contribution in [0, 0.1) is 0 Å². The number of thioether (sulfide) groups is 1. The predicted molar refractivity (Wildman–Crippen MR) is 130 cm³/mol. The first-order chi connectivity index (χ1) is 17.7. The molecule has 0 radical (unpaired) electrons. The number of aliphatic carboxylic acids is 1. The maximum Gasteiger partial charge on any atom is 0.352 e. The Morgan fingerprint density at radius 3 is 2.62 bits per heavy atom. The lowest BCUT2D eigenvalue weighted by Crippen LogP contribution is -2.71. The summed E-state index contributed by atoms with van der Waals surface area (Å²) in [7, 11) is 0. The summed E-state index contributed by atoms with van der Waals surface area (Å²) in [5, 5.41) is 15.7. The van der Waals surface area contributed by atoms with E-state index in [9.17, 15) is 29.1 Å². The second kappa shape index (κ2) is 11.2. The van der Waals surface area contributed by atoms with Gasteiger partial charge in [-0.25, -0.2) is 4.79 Å². The van der Waals surface area contributed by atoms with Crippen LogP contribution >= 0.6 is 23.3 Å². The van der Waals surface area contributed by atoms with Gasteiger partial charge in [-0.3, -0.25) is 24.1 Å². The molecule has 3 heterocycles. The van der Waals surface area contributed by atoms with E-state index in [0.717, 1.165) is 42.1 Å². The minimum atomic E-state index is -1.38. The summed E-state index contributed by atoms with van der Waals surface area (Å²) in [6, 6.07) is -1.04. The Morgan fingerprint density at radius 1 is 1.27 bits per heavy atom. The van der Waals surface area contributed by atoms with Gasteiger partial charge in [0.2, 0.25) is 11.5 Å². The van der Waals surface area contributed by atoms with Crippen molar-refractivity contribution in [2.75, 3.05) is 18.1 Å². The molecule has 0 aromatic carbocycles. The third kappa shape index (κ3) is 5.90. The number of nitrogens with two attached hydrogens (primary N) is 1. The second-order valence-corrected chi connectivity index (χ2v) is 10.5. The highest BCUT2D eigenvalue weighted by Crippen LogP contribution is 2.40. The average Bonchev–Trinajstić information content (AvgIpc) is 3.52. The molecular weight excluding hydrogens is 528 g/mol. The zero-order valence-electron chi connectivity index (χ0n) is 19.7. The lowest BCUT2D eigenvalue weighted by molar-refractivity contribution is -0.150. The van der Waals surface area contributed by atoms with Gasteiger partial charge in [0.05, 0.1) is 0 Å². The lowest BCUT2D eigenvalue weighted by atomic mass is 10.0. The molecule has 198 valence electrons. The Balaban J connectivity index is 1.47. The highest BCUT2D eigenvalue weighted by atomic mass is 32.2. The van der Waals surface area contributed by atoms with Crippen molar-refractivity contribution in [3.05, 3.63) is 17.1 Å². The number of hydrogen-bond acceptors (Lipinski definition) is 13. The number of carboxylic acids is 1. The minimum absolute atomic E-state index is 0.0429. The Labute approximate surface area is 218 Å². The number of oxime groups is 1. The molecule has 1 unspecified atom stereocenters. The molecule has 2 atom stereocenters. The summed E-state index contributed by atoms with van der Waals surface area (Å²) in [5.74, 6) is -3.89. The quantitative estimate of drug-likeness (QED) is 0.116. The maximum absolute atomic E-state index is 13.1. The summed E-state index contributed by atoms with van der Waals surface area (Å²) < 4.78 is 9.02. The number of nitrogens with one attached hydrogen (secondary N) is 1. The second-order valence-electron chi connectivity index (χ2n) is 8.57. The molecule has 16 heteroatoms. The number of carbonyl (C=O) groups is 5. The van der Waals surface area contributed by atoms with Crippen molar-refractivity contribution in [2.24, 2.45) is 5.16 Å². The van der Waals surface area contributed by atoms with Crippen molar-refractivity contribution in [3.63, 3.8) is 0 Å². The van der Waals surface area contributed by atoms with Gasteiger partial charge >= 0.3 is 11.9 Å². The van der Waals surface area contributed by atoms with E-state index < -0.39 is 41.6 Å². The topological polar surface area (TPSA) is 203 Å². The molecule has 14 nitrogen and oxygen atoms in total. The predicted octanol–water partition coefficient (Wildman–Crippen LogP) is 0.0445. The van der Waals surface area contributed by atoms with Crippen LogP contribution in [0.4, 0.5) is 5.13 Å². The van der Waals surface area contributed by atoms with E-state index in [2.05, 4.69) is 19.8 Å². The van der Waals surface area contributed by atoms with Crippen molar-refractivity contribution in [1.82, 2.24) is 19.6 Å². The van der Waals surface area contributed by atoms with Crippen molar-refractivity contribution >= 4 is 63.7 Å². The molecule has 3 aliphatic rings. The third-order valence-electron chi connectivity index (χ3n) is 5.80. The Kier molecular flexibility index (Phi) is 8.06.